The van der Waals surface area contributed by atoms with E-state index in [1.807, 2.05) is 72.8 Å². The molecule has 3 heterocycles. The van der Waals surface area contributed by atoms with E-state index < -0.39 is 12.1 Å². The van der Waals surface area contributed by atoms with Crippen molar-refractivity contribution in [3.8, 4) is 43.3 Å². The standard InChI is InChI=1S/C46H28N2S/c1-3-15-33-29(10-1)12-7-19-39(33)43-28-41(46(49-43)40-20-8-13-30-11-2-4-16-34(30)40)37-24-25-38(36-18-6-5-17-35(36)37)42-26-23-32-22-21-31-14-9-27-47-44(31)45(32)48-42/h1-28H/i5D,6D,17D,18D,24D,25D. The van der Waals surface area contributed by atoms with Crippen molar-refractivity contribution in [2.75, 3.05) is 0 Å². The molecule has 3 heteroatoms. The van der Waals surface area contributed by atoms with Gasteiger partial charge in [0, 0.05) is 43.4 Å². The first-order valence-corrected chi connectivity index (χ1v) is 16.9. The fraction of sp³-hybridized carbons (Fsp3) is 0. The van der Waals surface area contributed by atoms with Crippen LogP contribution in [0.4, 0.5) is 0 Å². The Bertz CT molecular complexity index is 3240. The summed E-state index contributed by atoms with van der Waals surface area (Å²) in [5, 5.41) is 6.30. The summed E-state index contributed by atoms with van der Waals surface area (Å²) in [6, 6.07) is 40.4. The molecule has 0 unspecified atom stereocenters. The van der Waals surface area contributed by atoms with E-state index in [-0.39, 0.29) is 46.1 Å². The van der Waals surface area contributed by atoms with Crippen molar-refractivity contribution >= 4 is 65.5 Å². The molecule has 49 heavy (non-hydrogen) atoms. The topological polar surface area (TPSA) is 25.8 Å². The summed E-state index contributed by atoms with van der Waals surface area (Å²) in [7, 11) is 0. The molecule has 3 aromatic heterocycles. The molecule has 0 atom stereocenters. The Hall–Kier alpha value is -6.16. The van der Waals surface area contributed by atoms with Crippen LogP contribution in [0.15, 0.2) is 170 Å². The quantitative estimate of drug-likeness (QED) is 0.178. The second-order valence-corrected chi connectivity index (χ2v) is 13.1. The summed E-state index contributed by atoms with van der Waals surface area (Å²) in [5.74, 6) is 0. The number of benzene rings is 7. The van der Waals surface area contributed by atoms with Gasteiger partial charge in [-0.25, -0.2) is 4.98 Å². The Balaban J connectivity index is 1.34. The third-order valence-corrected chi connectivity index (χ3v) is 10.5. The van der Waals surface area contributed by atoms with Gasteiger partial charge in [0.2, 0.25) is 0 Å². The molecule has 0 N–H and O–H groups in total. The van der Waals surface area contributed by atoms with Gasteiger partial charge in [-0.15, -0.1) is 11.3 Å². The third kappa shape index (κ3) is 4.55. The Morgan fingerprint density at radius 2 is 1.06 bits per heavy atom. The van der Waals surface area contributed by atoms with Crippen molar-refractivity contribution in [1.29, 1.82) is 0 Å². The van der Waals surface area contributed by atoms with Crippen molar-refractivity contribution < 1.29 is 8.22 Å². The lowest BCUT2D eigenvalue weighted by molar-refractivity contribution is 1.37. The minimum Gasteiger partial charge on any atom is -0.254 e. The molecule has 0 saturated heterocycles. The highest BCUT2D eigenvalue weighted by Gasteiger charge is 2.20. The number of nitrogens with zero attached hydrogens (tertiary/aromatic N) is 2. The number of thiophene rings is 1. The minimum absolute atomic E-state index is 0.144. The molecule has 0 saturated carbocycles. The van der Waals surface area contributed by atoms with Crippen LogP contribution in [0.5, 0.6) is 0 Å². The highest BCUT2D eigenvalue weighted by Crippen LogP contribution is 2.48. The number of rotatable bonds is 4. The highest BCUT2D eigenvalue weighted by atomic mass is 32.1. The van der Waals surface area contributed by atoms with Crippen molar-refractivity contribution in [3.63, 3.8) is 0 Å². The fourth-order valence-corrected chi connectivity index (χ4v) is 8.21. The van der Waals surface area contributed by atoms with Crippen LogP contribution in [0.1, 0.15) is 8.22 Å². The Kier molecular flexibility index (Phi) is 5.14. The number of aromatic nitrogens is 2. The smallest absolute Gasteiger partial charge is 0.0972 e. The minimum atomic E-state index is -0.411. The van der Waals surface area contributed by atoms with E-state index in [9.17, 15) is 5.48 Å². The summed E-state index contributed by atoms with van der Waals surface area (Å²) in [6.45, 7) is 0. The van der Waals surface area contributed by atoms with E-state index in [2.05, 4.69) is 53.5 Å². The van der Waals surface area contributed by atoms with E-state index in [0.717, 1.165) is 53.2 Å². The van der Waals surface area contributed by atoms with E-state index in [1.54, 1.807) is 23.6 Å². The van der Waals surface area contributed by atoms with E-state index in [0.29, 0.717) is 22.3 Å². The number of pyridine rings is 2. The van der Waals surface area contributed by atoms with Gasteiger partial charge in [-0.05, 0) is 61.6 Å². The molecule has 0 spiro atoms. The Morgan fingerprint density at radius 1 is 0.449 bits per heavy atom. The summed E-state index contributed by atoms with van der Waals surface area (Å²) < 4.78 is 55.8. The molecule has 10 rings (SSSR count). The van der Waals surface area contributed by atoms with Crippen LogP contribution in [-0.4, -0.2) is 9.97 Å². The van der Waals surface area contributed by atoms with Crippen molar-refractivity contribution in [2.45, 2.75) is 0 Å². The van der Waals surface area contributed by atoms with Crippen molar-refractivity contribution in [2.24, 2.45) is 0 Å². The fourth-order valence-electron chi connectivity index (χ4n) is 6.97. The summed E-state index contributed by atoms with van der Waals surface area (Å²) in [6.07, 6.45) is 1.70. The zero-order valence-electron chi connectivity index (χ0n) is 32.0. The van der Waals surface area contributed by atoms with Crippen LogP contribution >= 0.6 is 11.3 Å². The molecule has 7 aromatic carbocycles. The molecular formula is C46H28N2S. The summed E-state index contributed by atoms with van der Waals surface area (Å²) in [5.41, 5.74) is 4.67. The van der Waals surface area contributed by atoms with Gasteiger partial charge < -0.3 is 0 Å². The highest BCUT2D eigenvalue weighted by molar-refractivity contribution is 7.19. The van der Waals surface area contributed by atoms with E-state index >= 15 is 0 Å². The maximum atomic E-state index is 9.78. The molecule has 0 bridgehead atoms. The molecule has 10 aromatic rings. The SMILES string of the molecule is [2H]c1c([2H])c([2H])c2c(-c3cc(-c4cccc5ccccc45)sc3-c3cccc4ccccc34)c([2H])c([2H])c(-c3ccc4ccc5cccnc5c4n3)c2c1[2H]. The zero-order chi connectivity index (χ0) is 37.5. The van der Waals surface area contributed by atoms with Gasteiger partial charge in [-0.1, -0.05) is 145 Å². The molecule has 228 valence electrons. The van der Waals surface area contributed by atoms with Crippen molar-refractivity contribution in [3.05, 3.63) is 170 Å². The van der Waals surface area contributed by atoms with Gasteiger partial charge in [0.05, 0.1) is 25.0 Å². The molecule has 0 aliphatic rings. The lowest BCUT2D eigenvalue weighted by Gasteiger charge is -2.14. The molecule has 0 aliphatic carbocycles. The van der Waals surface area contributed by atoms with Gasteiger partial charge in [-0.2, -0.15) is 0 Å². The van der Waals surface area contributed by atoms with Crippen LogP contribution in [0.2, 0.25) is 0 Å². The second-order valence-electron chi connectivity index (χ2n) is 12.1. The van der Waals surface area contributed by atoms with Gasteiger partial charge in [0.25, 0.3) is 0 Å². The maximum absolute atomic E-state index is 9.78. The molecule has 2 nitrogen and oxygen atoms in total. The molecule has 0 fully saturated rings. The van der Waals surface area contributed by atoms with E-state index in [1.165, 1.54) is 0 Å². The van der Waals surface area contributed by atoms with Gasteiger partial charge in [-0.3, -0.25) is 4.98 Å². The largest absolute Gasteiger partial charge is 0.254 e. The van der Waals surface area contributed by atoms with Crippen LogP contribution in [0.25, 0.3) is 97.4 Å². The molecular weight excluding hydrogens is 613 g/mol. The van der Waals surface area contributed by atoms with Crippen molar-refractivity contribution in [1.82, 2.24) is 9.97 Å². The van der Waals surface area contributed by atoms with Gasteiger partial charge in [0.1, 0.15) is 0 Å². The lowest BCUT2D eigenvalue weighted by Crippen LogP contribution is -1.91. The van der Waals surface area contributed by atoms with Crippen LogP contribution in [-0.2, 0) is 0 Å². The number of hydrogen-bond donors (Lipinski definition) is 0. The number of fused-ring (bicyclic) bond motifs is 6. The van der Waals surface area contributed by atoms with Crippen LogP contribution in [0.3, 0.4) is 0 Å². The van der Waals surface area contributed by atoms with Crippen LogP contribution in [0, 0.1) is 0 Å². The first-order valence-electron chi connectivity index (χ1n) is 19.1. The predicted octanol–water partition coefficient (Wildman–Crippen LogP) is 13.0. The van der Waals surface area contributed by atoms with E-state index in [4.69, 9.17) is 7.73 Å². The monoisotopic (exact) mass is 646 g/mol. The first-order chi connectivity index (χ1) is 26.8. The molecule has 0 radical (unpaired) electrons. The second kappa shape index (κ2) is 11.2. The van der Waals surface area contributed by atoms with Gasteiger partial charge in [0.15, 0.2) is 0 Å². The summed E-state index contributed by atoms with van der Waals surface area (Å²) >= 11 is 1.58. The maximum Gasteiger partial charge on any atom is 0.0972 e. The first kappa shape index (κ1) is 22.4. The summed E-state index contributed by atoms with van der Waals surface area (Å²) in [4.78, 5) is 11.4. The average Bonchev–Trinajstić information content (AvgIpc) is 3.66. The normalized spacial score (nSPS) is 13.4. The predicted molar refractivity (Wildman–Crippen MR) is 209 cm³/mol. The number of hydrogen-bond acceptors (Lipinski definition) is 3. The van der Waals surface area contributed by atoms with Gasteiger partial charge >= 0.3 is 0 Å². The molecule has 0 aliphatic heterocycles. The van der Waals surface area contributed by atoms with Crippen LogP contribution < -0.4 is 0 Å². The Morgan fingerprint density at radius 3 is 1.86 bits per heavy atom. The third-order valence-electron chi connectivity index (χ3n) is 9.28. The zero-order valence-corrected chi connectivity index (χ0v) is 26.8. The molecule has 0 amide bonds. The average molecular weight is 647 g/mol. The lowest BCUT2D eigenvalue weighted by atomic mass is 9.91. The Labute approximate surface area is 296 Å².